The highest BCUT2D eigenvalue weighted by atomic mass is 16.5. The summed E-state index contributed by atoms with van der Waals surface area (Å²) in [4.78, 5) is 14.5. The van der Waals surface area contributed by atoms with Gasteiger partial charge >= 0.3 is 0 Å². The monoisotopic (exact) mass is 266 g/mol. The molecule has 1 aromatic heterocycles. The van der Waals surface area contributed by atoms with Crippen LogP contribution in [-0.4, -0.2) is 53.4 Å². The van der Waals surface area contributed by atoms with Crippen molar-refractivity contribution in [3.63, 3.8) is 0 Å². The van der Waals surface area contributed by atoms with Crippen LogP contribution in [0, 0.1) is 0 Å². The Bertz CT molecular complexity index is 432. The first-order chi connectivity index (χ1) is 9.15. The molecule has 1 saturated heterocycles. The minimum atomic E-state index is -0.329. The zero-order valence-electron chi connectivity index (χ0n) is 11.8. The second kappa shape index (κ2) is 6.16. The molecule has 19 heavy (non-hydrogen) atoms. The van der Waals surface area contributed by atoms with Crippen molar-refractivity contribution >= 4 is 5.91 Å². The Labute approximate surface area is 113 Å². The molecule has 1 amide bonds. The number of morpholine rings is 1. The molecule has 1 aromatic rings. The van der Waals surface area contributed by atoms with Crippen LogP contribution in [0.15, 0.2) is 12.4 Å². The molecule has 0 aliphatic carbocycles. The Morgan fingerprint density at radius 3 is 3.05 bits per heavy atom. The fourth-order valence-electron chi connectivity index (χ4n) is 2.37. The highest BCUT2D eigenvalue weighted by Crippen LogP contribution is 2.17. The number of ether oxygens (including phenoxy) is 1. The maximum atomic E-state index is 12.6. The molecular weight excluding hydrogens is 244 g/mol. The van der Waals surface area contributed by atoms with Crippen LogP contribution in [0.3, 0.4) is 0 Å². The number of hydrogen-bond acceptors (Lipinski definition) is 4. The number of amides is 1. The predicted octanol–water partition coefficient (Wildman–Crippen LogP) is 0.318. The summed E-state index contributed by atoms with van der Waals surface area (Å²) in [5.74, 6) is 0.0947. The zero-order chi connectivity index (χ0) is 13.8. The summed E-state index contributed by atoms with van der Waals surface area (Å²) in [5, 5.41) is 7.20. The van der Waals surface area contributed by atoms with E-state index in [1.54, 1.807) is 17.9 Å². The molecule has 0 aromatic carbocycles. The molecule has 1 N–H and O–H groups in total. The summed E-state index contributed by atoms with van der Waals surface area (Å²) in [6.45, 7) is 4.03. The highest BCUT2D eigenvalue weighted by molar-refractivity contribution is 5.83. The van der Waals surface area contributed by atoms with Gasteiger partial charge in [0.25, 0.3) is 0 Å². The van der Waals surface area contributed by atoms with Gasteiger partial charge in [0.2, 0.25) is 5.91 Å². The molecule has 0 saturated carbocycles. The van der Waals surface area contributed by atoms with E-state index in [0.717, 1.165) is 12.0 Å². The molecule has 6 nitrogen and oxygen atoms in total. The van der Waals surface area contributed by atoms with E-state index in [-0.39, 0.29) is 18.1 Å². The van der Waals surface area contributed by atoms with Crippen LogP contribution in [0.1, 0.15) is 24.9 Å². The molecule has 2 rings (SSSR count). The molecule has 1 aliphatic rings. The van der Waals surface area contributed by atoms with E-state index < -0.39 is 0 Å². The first-order valence-corrected chi connectivity index (χ1v) is 6.72. The van der Waals surface area contributed by atoms with E-state index in [9.17, 15) is 4.79 Å². The summed E-state index contributed by atoms with van der Waals surface area (Å²) in [6.07, 6.45) is 4.69. The van der Waals surface area contributed by atoms with Crippen molar-refractivity contribution in [1.29, 1.82) is 0 Å². The summed E-state index contributed by atoms with van der Waals surface area (Å²) in [7, 11) is 3.65. The van der Waals surface area contributed by atoms with Crippen LogP contribution >= 0.6 is 0 Å². The largest absolute Gasteiger partial charge is 0.375 e. The van der Waals surface area contributed by atoms with Gasteiger partial charge in [-0.25, -0.2) is 0 Å². The van der Waals surface area contributed by atoms with Gasteiger partial charge in [-0.05, 0) is 13.5 Å². The van der Waals surface area contributed by atoms with Crippen LogP contribution in [0.4, 0.5) is 0 Å². The number of hydrogen-bond donors (Lipinski definition) is 1. The van der Waals surface area contributed by atoms with Gasteiger partial charge in [0.1, 0.15) is 6.04 Å². The smallest absolute Gasteiger partial charge is 0.244 e. The van der Waals surface area contributed by atoms with E-state index in [1.807, 2.05) is 18.1 Å². The normalized spacial score (nSPS) is 21.4. The molecule has 106 valence electrons. The molecule has 6 heteroatoms. The van der Waals surface area contributed by atoms with Gasteiger partial charge in [-0.2, -0.15) is 5.10 Å². The average molecular weight is 266 g/mol. The van der Waals surface area contributed by atoms with E-state index in [0.29, 0.717) is 19.7 Å². The number of nitrogens with one attached hydrogen (secondary N) is 1. The van der Waals surface area contributed by atoms with Crippen molar-refractivity contribution in [3.8, 4) is 0 Å². The maximum Gasteiger partial charge on any atom is 0.244 e. The number of carbonyl (C=O) groups excluding carboxylic acids is 1. The van der Waals surface area contributed by atoms with Gasteiger partial charge in [0.15, 0.2) is 0 Å². The first kappa shape index (κ1) is 14.0. The molecule has 0 bridgehead atoms. The first-order valence-electron chi connectivity index (χ1n) is 6.72. The lowest BCUT2D eigenvalue weighted by molar-refractivity contribution is -0.141. The maximum absolute atomic E-state index is 12.6. The number of aromatic nitrogens is 2. The third-order valence-electron chi connectivity index (χ3n) is 3.50. The van der Waals surface area contributed by atoms with Gasteiger partial charge < -0.3 is 15.0 Å². The van der Waals surface area contributed by atoms with Gasteiger partial charge in [0.05, 0.1) is 18.9 Å². The van der Waals surface area contributed by atoms with Crippen molar-refractivity contribution in [3.05, 3.63) is 18.0 Å². The Morgan fingerprint density at radius 2 is 2.47 bits per heavy atom. The Hall–Kier alpha value is -1.40. The molecule has 2 atom stereocenters. The lowest BCUT2D eigenvalue weighted by Gasteiger charge is -2.34. The van der Waals surface area contributed by atoms with Gasteiger partial charge in [-0.3, -0.25) is 9.48 Å². The summed E-state index contributed by atoms with van der Waals surface area (Å²) in [5.41, 5.74) is 0.898. The third-order valence-corrected chi connectivity index (χ3v) is 3.50. The van der Waals surface area contributed by atoms with Crippen LogP contribution < -0.4 is 5.32 Å². The molecule has 1 aliphatic heterocycles. The predicted molar refractivity (Wildman–Crippen MR) is 71.6 cm³/mol. The number of aryl methyl sites for hydroxylation is 1. The lowest BCUT2D eigenvalue weighted by Crippen LogP contribution is -2.49. The standard InChI is InChI=1S/C13H22N4O2/c1-4-11-9-17(5-6-19-11)13(18)12(14-2)10-7-15-16(3)8-10/h7-8,11-12,14H,4-6,9H2,1-3H3. The van der Waals surface area contributed by atoms with Crippen molar-refractivity contribution in [2.24, 2.45) is 7.05 Å². The minimum absolute atomic E-state index is 0.0947. The minimum Gasteiger partial charge on any atom is -0.375 e. The summed E-state index contributed by atoms with van der Waals surface area (Å²) in [6, 6.07) is -0.329. The summed E-state index contributed by atoms with van der Waals surface area (Å²) < 4.78 is 7.31. The molecule has 1 fully saturated rings. The lowest BCUT2D eigenvalue weighted by atomic mass is 10.1. The van der Waals surface area contributed by atoms with E-state index in [1.165, 1.54) is 0 Å². The molecule has 2 unspecified atom stereocenters. The topological polar surface area (TPSA) is 59.4 Å². The Morgan fingerprint density at radius 1 is 1.68 bits per heavy atom. The van der Waals surface area contributed by atoms with Crippen LogP contribution in [-0.2, 0) is 16.6 Å². The van der Waals surface area contributed by atoms with Crippen molar-refractivity contribution in [1.82, 2.24) is 20.0 Å². The van der Waals surface area contributed by atoms with Crippen LogP contribution in [0.25, 0.3) is 0 Å². The molecule has 0 radical (unpaired) electrons. The van der Waals surface area contributed by atoms with E-state index in [4.69, 9.17) is 4.74 Å². The molecule has 2 heterocycles. The highest BCUT2D eigenvalue weighted by Gasteiger charge is 2.29. The van der Waals surface area contributed by atoms with Gasteiger partial charge in [-0.15, -0.1) is 0 Å². The number of likely N-dealkylation sites (N-methyl/N-ethyl adjacent to an activating group) is 1. The van der Waals surface area contributed by atoms with E-state index in [2.05, 4.69) is 17.3 Å². The van der Waals surface area contributed by atoms with Crippen molar-refractivity contribution in [2.45, 2.75) is 25.5 Å². The Balaban J connectivity index is 2.08. The second-order valence-corrected chi connectivity index (χ2v) is 4.85. The van der Waals surface area contributed by atoms with Crippen LogP contribution in [0.5, 0.6) is 0 Å². The second-order valence-electron chi connectivity index (χ2n) is 4.85. The average Bonchev–Trinajstić information content (AvgIpc) is 2.86. The SMILES string of the molecule is CCC1CN(C(=O)C(NC)c2cnn(C)c2)CCO1. The number of nitrogens with zero attached hydrogens (tertiary/aromatic N) is 3. The molecule has 0 spiro atoms. The van der Waals surface area contributed by atoms with Crippen LogP contribution in [0.2, 0.25) is 0 Å². The number of carbonyl (C=O) groups is 1. The summed E-state index contributed by atoms with van der Waals surface area (Å²) >= 11 is 0. The zero-order valence-corrected chi connectivity index (χ0v) is 11.8. The quantitative estimate of drug-likeness (QED) is 0.852. The van der Waals surface area contributed by atoms with Crippen molar-refractivity contribution < 1.29 is 9.53 Å². The fourth-order valence-corrected chi connectivity index (χ4v) is 2.37. The Kier molecular flexibility index (Phi) is 4.55. The number of rotatable bonds is 4. The van der Waals surface area contributed by atoms with Crippen molar-refractivity contribution in [2.75, 3.05) is 26.7 Å². The molecular formula is C13H22N4O2. The van der Waals surface area contributed by atoms with E-state index >= 15 is 0 Å². The fraction of sp³-hybridized carbons (Fsp3) is 0.692. The van der Waals surface area contributed by atoms with Gasteiger partial charge in [-0.1, -0.05) is 6.92 Å². The third kappa shape index (κ3) is 3.13. The van der Waals surface area contributed by atoms with Gasteiger partial charge in [0, 0.05) is 31.9 Å².